The smallest absolute Gasteiger partial charge is 0.352 e. The summed E-state index contributed by atoms with van der Waals surface area (Å²) in [5, 5.41) is 17.7. The van der Waals surface area contributed by atoms with Crippen LogP contribution in [0, 0.1) is 0 Å². The van der Waals surface area contributed by atoms with E-state index in [-0.39, 0.29) is 0 Å². The summed E-state index contributed by atoms with van der Waals surface area (Å²) in [4.78, 5) is 34.4. The van der Waals surface area contributed by atoms with Gasteiger partial charge in [-0.15, -0.1) is 0 Å². The van der Waals surface area contributed by atoms with Gasteiger partial charge in [-0.1, -0.05) is 0 Å². The third-order valence-electron chi connectivity index (χ3n) is 1.64. The van der Waals surface area contributed by atoms with E-state index in [1.165, 1.54) is 0 Å². The summed E-state index contributed by atoms with van der Waals surface area (Å²) in [5.74, 6) is -3.27. The van der Waals surface area contributed by atoms with Gasteiger partial charge in [0.15, 0.2) is 5.75 Å². The number of aromatic carboxylic acids is 1. The maximum atomic E-state index is 11.0. The number of esters is 1. The second-order valence-electron chi connectivity index (χ2n) is 2.57. The van der Waals surface area contributed by atoms with Crippen molar-refractivity contribution in [3.63, 3.8) is 0 Å². The predicted molar refractivity (Wildman–Crippen MR) is 47.0 cm³/mol. The summed E-state index contributed by atoms with van der Waals surface area (Å²) in [5.41, 5.74) is -2.05. The third-order valence-corrected chi connectivity index (χ3v) is 1.64. The van der Waals surface area contributed by atoms with Crippen molar-refractivity contribution in [2.75, 3.05) is 7.11 Å². The number of aromatic hydroxyl groups is 1. The van der Waals surface area contributed by atoms with E-state index in [2.05, 4.69) is 4.74 Å². The van der Waals surface area contributed by atoms with Crippen LogP contribution in [-0.4, -0.2) is 34.2 Å². The molecule has 3 N–H and O–H groups in total. The number of carboxylic acids is 1. The van der Waals surface area contributed by atoms with Crippen LogP contribution in [0.15, 0.2) is 10.9 Å². The number of carboxylic acid groups (broad SMARTS) is 1. The van der Waals surface area contributed by atoms with Crippen molar-refractivity contribution in [1.29, 1.82) is 0 Å². The SMILES string of the molecule is COC(=O)c1cc(C(=O)O)[nH]c(=O)c1O. The first-order valence-corrected chi connectivity index (χ1v) is 3.75. The molecule has 7 nitrogen and oxygen atoms in total. The molecule has 0 unspecified atom stereocenters. The van der Waals surface area contributed by atoms with Crippen LogP contribution in [0.5, 0.6) is 5.75 Å². The van der Waals surface area contributed by atoms with E-state index in [0.717, 1.165) is 13.2 Å². The summed E-state index contributed by atoms with van der Waals surface area (Å²) in [7, 11) is 1.05. The quantitative estimate of drug-likeness (QED) is 0.573. The Balaban J connectivity index is 3.44. The molecule has 80 valence electrons. The summed E-state index contributed by atoms with van der Waals surface area (Å²) < 4.78 is 4.26. The Morgan fingerprint density at radius 1 is 1.47 bits per heavy atom. The number of methoxy groups -OCH3 is 1. The monoisotopic (exact) mass is 213 g/mol. The van der Waals surface area contributed by atoms with Crippen molar-refractivity contribution in [1.82, 2.24) is 4.98 Å². The molecule has 0 amide bonds. The standard InChI is InChI=1S/C8H7NO6/c1-15-8(14)3-2-4(7(12)13)9-6(11)5(3)10/h2,10H,1H3,(H,9,11)(H,12,13). The highest BCUT2D eigenvalue weighted by atomic mass is 16.5. The lowest BCUT2D eigenvalue weighted by atomic mass is 10.2. The van der Waals surface area contributed by atoms with E-state index in [9.17, 15) is 14.4 Å². The van der Waals surface area contributed by atoms with Crippen molar-refractivity contribution in [2.24, 2.45) is 0 Å². The van der Waals surface area contributed by atoms with Gasteiger partial charge < -0.3 is 19.9 Å². The summed E-state index contributed by atoms with van der Waals surface area (Å²) >= 11 is 0. The maximum absolute atomic E-state index is 11.0. The average Bonchev–Trinajstić information content (AvgIpc) is 2.20. The number of H-pyrrole nitrogens is 1. The van der Waals surface area contributed by atoms with E-state index >= 15 is 0 Å². The van der Waals surface area contributed by atoms with Crippen LogP contribution in [0.2, 0.25) is 0 Å². The summed E-state index contributed by atoms with van der Waals surface area (Å²) in [6.07, 6.45) is 0. The minimum Gasteiger partial charge on any atom is -0.502 e. The molecule has 0 aromatic carbocycles. The number of carbonyl (C=O) groups is 2. The van der Waals surface area contributed by atoms with Crippen LogP contribution in [-0.2, 0) is 4.74 Å². The molecule has 0 bridgehead atoms. The fourth-order valence-electron chi connectivity index (χ4n) is 0.933. The normalized spacial score (nSPS) is 9.67. The number of nitrogens with one attached hydrogen (secondary N) is 1. The van der Waals surface area contributed by atoms with Crippen LogP contribution >= 0.6 is 0 Å². The minimum atomic E-state index is -1.42. The number of hydrogen-bond acceptors (Lipinski definition) is 5. The Labute approximate surface area is 82.9 Å². The molecule has 1 aromatic heterocycles. The lowest BCUT2D eigenvalue weighted by molar-refractivity contribution is 0.0597. The molecule has 0 atom stereocenters. The molecule has 7 heteroatoms. The molecule has 0 fully saturated rings. The molecule has 0 spiro atoms. The van der Waals surface area contributed by atoms with E-state index in [1.807, 2.05) is 4.98 Å². The van der Waals surface area contributed by atoms with Crippen LogP contribution in [0.1, 0.15) is 20.8 Å². The molecular weight excluding hydrogens is 206 g/mol. The van der Waals surface area contributed by atoms with E-state index in [4.69, 9.17) is 10.2 Å². The van der Waals surface area contributed by atoms with E-state index < -0.39 is 34.5 Å². The molecule has 0 radical (unpaired) electrons. The topological polar surface area (TPSA) is 117 Å². The highest BCUT2D eigenvalue weighted by molar-refractivity contribution is 5.95. The Bertz CT molecular complexity index is 475. The molecule has 1 rings (SSSR count). The number of hydrogen-bond donors (Lipinski definition) is 3. The third kappa shape index (κ3) is 1.96. The molecular formula is C8H7NO6. The second kappa shape index (κ2) is 3.82. The van der Waals surface area contributed by atoms with Gasteiger partial charge in [-0.25, -0.2) is 9.59 Å². The largest absolute Gasteiger partial charge is 0.502 e. The summed E-state index contributed by atoms with van der Waals surface area (Å²) in [6, 6.07) is 0.824. The van der Waals surface area contributed by atoms with E-state index in [0.29, 0.717) is 0 Å². The number of aromatic nitrogens is 1. The molecule has 0 saturated carbocycles. The molecule has 0 aliphatic heterocycles. The number of carbonyl (C=O) groups excluding carboxylic acids is 1. The fourth-order valence-corrected chi connectivity index (χ4v) is 0.933. The highest BCUT2D eigenvalue weighted by Crippen LogP contribution is 2.12. The highest BCUT2D eigenvalue weighted by Gasteiger charge is 2.18. The van der Waals surface area contributed by atoms with E-state index in [1.54, 1.807) is 0 Å². The number of pyridine rings is 1. The average molecular weight is 213 g/mol. The van der Waals surface area contributed by atoms with Crippen molar-refractivity contribution >= 4 is 11.9 Å². The molecule has 1 aromatic rings. The Kier molecular flexibility index (Phi) is 2.75. The van der Waals surface area contributed by atoms with Gasteiger partial charge in [0.05, 0.1) is 7.11 Å². The predicted octanol–water partition coefficient (Wildman–Crippen LogP) is -0.435. The molecule has 0 aliphatic carbocycles. The molecule has 0 aliphatic rings. The van der Waals surface area contributed by atoms with Gasteiger partial charge >= 0.3 is 11.9 Å². The van der Waals surface area contributed by atoms with Gasteiger partial charge in [0.25, 0.3) is 5.56 Å². The van der Waals surface area contributed by atoms with Gasteiger partial charge in [0, 0.05) is 0 Å². The number of rotatable bonds is 2. The van der Waals surface area contributed by atoms with Gasteiger partial charge in [-0.3, -0.25) is 4.79 Å². The van der Waals surface area contributed by atoms with Crippen LogP contribution < -0.4 is 5.56 Å². The van der Waals surface area contributed by atoms with Crippen LogP contribution in [0.25, 0.3) is 0 Å². The Hall–Kier alpha value is -2.31. The van der Waals surface area contributed by atoms with Gasteiger partial charge in [0.2, 0.25) is 0 Å². The van der Waals surface area contributed by atoms with Crippen molar-refractivity contribution in [2.45, 2.75) is 0 Å². The van der Waals surface area contributed by atoms with Crippen LogP contribution in [0.4, 0.5) is 0 Å². The lowest BCUT2D eigenvalue weighted by Gasteiger charge is -2.02. The molecule has 0 saturated heterocycles. The van der Waals surface area contributed by atoms with Gasteiger partial charge in [-0.2, -0.15) is 0 Å². The second-order valence-corrected chi connectivity index (χ2v) is 2.57. The first-order chi connectivity index (χ1) is 6.97. The lowest BCUT2D eigenvalue weighted by Crippen LogP contribution is -2.17. The first-order valence-electron chi connectivity index (χ1n) is 3.75. The van der Waals surface area contributed by atoms with Crippen molar-refractivity contribution < 1.29 is 24.5 Å². The summed E-state index contributed by atoms with van der Waals surface area (Å²) in [6.45, 7) is 0. The van der Waals surface area contributed by atoms with Gasteiger partial charge in [-0.05, 0) is 6.07 Å². The van der Waals surface area contributed by atoms with Crippen molar-refractivity contribution in [3.05, 3.63) is 27.7 Å². The Morgan fingerprint density at radius 2 is 2.07 bits per heavy atom. The number of ether oxygens (including phenoxy) is 1. The maximum Gasteiger partial charge on any atom is 0.352 e. The first kappa shape index (κ1) is 10.8. The van der Waals surface area contributed by atoms with Crippen molar-refractivity contribution in [3.8, 4) is 5.75 Å². The number of aromatic amines is 1. The zero-order valence-electron chi connectivity index (χ0n) is 7.60. The van der Waals surface area contributed by atoms with Gasteiger partial charge in [0.1, 0.15) is 11.3 Å². The zero-order chi connectivity index (χ0) is 11.6. The zero-order valence-corrected chi connectivity index (χ0v) is 7.60. The molecule has 1 heterocycles. The minimum absolute atomic E-state index is 0.487. The molecule has 15 heavy (non-hydrogen) atoms. The fraction of sp³-hybridized carbons (Fsp3) is 0.125. The van der Waals surface area contributed by atoms with Crippen LogP contribution in [0.3, 0.4) is 0 Å². The Morgan fingerprint density at radius 3 is 2.53 bits per heavy atom.